The average molecular weight is 360 g/mol. The molecular formula is C15H23Cl2N5O. The van der Waals surface area contributed by atoms with Crippen LogP contribution in [0.2, 0.25) is 0 Å². The van der Waals surface area contributed by atoms with Crippen LogP contribution in [0.15, 0.2) is 12.3 Å². The number of hydrogen-bond donors (Lipinski definition) is 2. The van der Waals surface area contributed by atoms with Crippen LogP contribution in [-0.4, -0.2) is 39.3 Å². The number of fused-ring (bicyclic) bond motifs is 1. The fourth-order valence-corrected chi connectivity index (χ4v) is 2.96. The van der Waals surface area contributed by atoms with Crippen LogP contribution in [0.25, 0.3) is 11.0 Å². The van der Waals surface area contributed by atoms with Crippen molar-refractivity contribution in [3.8, 4) is 0 Å². The van der Waals surface area contributed by atoms with Gasteiger partial charge in [0.1, 0.15) is 0 Å². The van der Waals surface area contributed by atoms with E-state index in [1.165, 1.54) is 0 Å². The number of carbonyl (C=O) groups is 1. The number of aryl methyl sites for hydroxylation is 2. The summed E-state index contributed by atoms with van der Waals surface area (Å²) in [7, 11) is 1.86. The normalized spacial score (nSPS) is 20.5. The second-order valence-electron chi connectivity index (χ2n) is 5.85. The Kier molecular flexibility index (Phi) is 6.80. The van der Waals surface area contributed by atoms with Gasteiger partial charge in [-0.1, -0.05) is 0 Å². The van der Waals surface area contributed by atoms with E-state index in [1.807, 2.05) is 20.0 Å². The summed E-state index contributed by atoms with van der Waals surface area (Å²) in [5, 5.41) is 11.8. The lowest BCUT2D eigenvalue weighted by Crippen LogP contribution is -2.46. The Balaban J connectivity index is 0.00000132. The Morgan fingerprint density at radius 2 is 2.17 bits per heavy atom. The maximum absolute atomic E-state index is 12.4. The van der Waals surface area contributed by atoms with Crippen LogP contribution in [0.5, 0.6) is 0 Å². The molecule has 1 aliphatic rings. The lowest BCUT2D eigenvalue weighted by Gasteiger charge is -2.28. The number of nitrogens with zero attached hydrogens (tertiary/aromatic N) is 3. The number of aromatic nitrogens is 3. The fourth-order valence-electron chi connectivity index (χ4n) is 2.96. The Morgan fingerprint density at radius 1 is 1.43 bits per heavy atom. The number of amides is 1. The van der Waals surface area contributed by atoms with Gasteiger partial charge in [0.2, 0.25) is 0 Å². The van der Waals surface area contributed by atoms with Gasteiger partial charge in [-0.2, -0.15) is 5.10 Å². The van der Waals surface area contributed by atoms with E-state index in [2.05, 4.69) is 27.6 Å². The Morgan fingerprint density at radius 3 is 2.87 bits per heavy atom. The molecule has 2 atom stereocenters. The van der Waals surface area contributed by atoms with Crippen molar-refractivity contribution in [1.82, 2.24) is 25.4 Å². The standard InChI is InChI=1S/C15H21N5O.2ClH/c1-9-6-12(4-5-16-9)18-15(21)11-7-13-10(2)19-20(3)14(13)17-8-11;;/h7-9,12,16H,4-6H2,1-3H3,(H,18,21);2*1H. The molecule has 6 nitrogen and oxygen atoms in total. The molecule has 2 unspecified atom stereocenters. The second-order valence-corrected chi connectivity index (χ2v) is 5.85. The minimum atomic E-state index is -0.0493. The van der Waals surface area contributed by atoms with E-state index in [0.29, 0.717) is 11.6 Å². The predicted octanol–water partition coefficient (Wildman–Crippen LogP) is 1.99. The van der Waals surface area contributed by atoms with E-state index in [0.717, 1.165) is 36.1 Å². The van der Waals surface area contributed by atoms with Gasteiger partial charge in [-0.05, 0) is 39.3 Å². The first-order chi connectivity index (χ1) is 10.0. The lowest BCUT2D eigenvalue weighted by molar-refractivity contribution is 0.0925. The third kappa shape index (κ3) is 4.13. The van der Waals surface area contributed by atoms with E-state index < -0.39 is 0 Å². The van der Waals surface area contributed by atoms with Crippen molar-refractivity contribution in [3.05, 3.63) is 23.5 Å². The third-order valence-electron chi connectivity index (χ3n) is 4.08. The zero-order chi connectivity index (χ0) is 15.0. The van der Waals surface area contributed by atoms with Crippen molar-refractivity contribution in [2.24, 2.45) is 7.05 Å². The molecule has 2 aromatic heterocycles. The van der Waals surface area contributed by atoms with Crippen molar-refractivity contribution < 1.29 is 4.79 Å². The number of pyridine rings is 1. The summed E-state index contributed by atoms with van der Waals surface area (Å²) in [6, 6.07) is 2.56. The average Bonchev–Trinajstić information content (AvgIpc) is 2.73. The molecule has 0 aromatic carbocycles. The Labute approximate surface area is 148 Å². The predicted molar refractivity (Wildman–Crippen MR) is 95.7 cm³/mol. The van der Waals surface area contributed by atoms with Crippen LogP contribution >= 0.6 is 24.8 Å². The highest BCUT2D eigenvalue weighted by molar-refractivity contribution is 5.97. The highest BCUT2D eigenvalue weighted by Gasteiger charge is 2.21. The molecule has 0 bridgehead atoms. The van der Waals surface area contributed by atoms with Gasteiger partial charge in [-0.3, -0.25) is 9.48 Å². The monoisotopic (exact) mass is 359 g/mol. The summed E-state index contributed by atoms with van der Waals surface area (Å²) in [4.78, 5) is 16.7. The van der Waals surface area contributed by atoms with Gasteiger partial charge in [0.25, 0.3) is 5.91 Å². The van der Waals surface area contributed by atoms with Gasteiger partial charge in [0.05, 0.1) is 11.3 Å². The largest absolute Gasteiger partial charge is 0.349 e. The van der Waals surface area contributed by atoms with E-state index in [1.54, 1.807) is 10.9 Å². The molecule has 2 N–H and O–H groups in total. The first-order valence-electron chi connectivity index (χ1n) is 7.38. The van der Waals surface area contributed by atoms with Crippen molar-refractivity contribution in [2.45, 2.75) is 38.8 Å². The van der Waals surface area contributed by atoms with Gasteiger partial charge in [0.15, 0.2) is 5.65 Å². The molecule has 3 heterocycles. The van der Waals surface area contributed by atoms with Crippen LogP contribution in [0.1, 0.15) is 35.8 Å². The quantitative estimate of drug-likeness (QED) is 0.859. The number of nitrogens with one attached hydrogen (secondary N) is 2. The van der Waals surface area contributed by atoms with Crippen LogP contribution in [0.3, 0.4) is 0 Å². The number of carbonyl (C=O) groups excluding carboxylic acids is 1. The molecule has 1 aliphatic heterocycles. The van der Waals surface area contributed by atoms with Gasteiger partial charge in [-0.15, -0.1) is 24.8 Å². The van der Waals surface area contributed by atoms with Crippen molar-refractivity contribution in [2.75, 3.05) is 6.54 Å². The molecule has 0 radical (unpaired) electrons. The van der Waals surface area contributed by atoms with Crippen molar-refractivity contribution in [1.29, 1.82) is 0 Å². The third-order valence-corrected chi connectivity index (χ3v) is 4.08. The molecule has 128 valence electrons. The maximum atomic E-state index is 12.4. The van der Waals surface area contributed by atoms with Gasteiger partial charge < -0.3 is 10.6 Å². The Hall–Kier alpha value is -1.37. The van der Waals surface area contributed by atoms with Gasteiger partial charge >= 0.3 is 0 Å². The number of halogens is 2. The summed E-state index contributed by atoms with van der Waals surface area (Å²) < 4.78 is 1.74. The summed E-state index contributed by atoms with van der Waals surface area (Å²) in [5.41, 5.74) is 2.30. The number of hydrogen-bond acceptors (Lipinski definition) is 4. The molecular weight excluding hydrogens is 337 g/mol. The first-order valence-corrected chi connectivity index (χ1v) is 7.38. The molecule has 2 aromatic rings. The SMILES string of the molecule is Cc1nn(C)c2ncc(C(=O)NC3CCNC(C)C3)cc12.Cl.Cl. The molecule has 0 aliphatic carbocycles. The summed E-state index contributed by atoms with van der Waals surface area (Å²) in [5.74, 6) is -0.0493. The van der Waals surface area contributed by atoms with Crippen LogP contribution < -0.4 is 10.6 Å². The Bertz CT molecular complexity index is 688. The zero-order valence-corrected chi connectivity index (χ0v) is 15.1. The highest BCUT2D eigenvalue weighted by Crippen LogP contribution is 2.17. The minimum absolute atomic E-state index is 0. The van der Waals surface area contributed by atoms with Gasteiger partial charge in [-0.25, -0.2) is 4.98 Å². The maximum Gasteiger partial charge on any atom is 0.253 e. The lowest BCUT2D eigenvalue weighted by atomic mass is 10.0. The fraction of sp³-hybridized carbons (Fsp3) is 0.533. The summed E-state index contributed by atoms with van der Waals surface area (Å²) in [6.07, 6.45) is 3.56. The molecule has 1 saturated heterocycles. The summed E-state index contributed by atoms with van der Waals surface area (Å²) >= 11 is 0. The van der Waals surface area contributed by atoms with E-state index in [4.69, 9.17) is 0 Å². The molecule has 23 heavy (non-hydrogen) atoms. The smallest absolute Gasteiger partial charge is 0.253 e. The van der Waals surface area contributed by atoms with E-state index in [-0.39, 0.29) is 36.8 Å². The molecule has 1 fully saturated rings. The summed E-state index contributed by atoms with van der Waals surface area (Å²) in [6.45, 7) is 5.02. The van der Waals surface area contributed by atoms with Crippen molar-refractivity contribution >= 4 is 41.8 Å². The highest BCUT2D eigenvalue weighted by atomic mass is 35.5. The molecule has 0 spiro atoms. The molecule has 1 amide bonds. The number of piperidine rings is 1. The van der Waals surface area contributed by atoms with Crippen LogP contribution in [0.4, 0.5) is 0 Å². The van der Waals surface area contributed by atoms with E-state index in [9.17, 15) is 4.79 Å². The van der Waals surface area contributed by atoms with Crippen molar-refractivity contribution in [3.63, 3.8) is 0 Å². The number of rotatable bonds is 2. The second kappa shape index (κ2) is 7.95. The topological polar surface area (TPSA) is 71.8 Å². The molecule has 3 rings (SSSR count). The van der Waals surface area contributed by atoms with E-state index >= 15 is 0 Å². The van der Waals surface area contributed by atoms with Gasteiger partial charge in [0, 0.05) is 30.7 Å². The van der Waals surface area contributed by atoms with Crippen LogP contribution in [0, 0.1) is 6.92 Å². The first kappa shape index (κ1) is 19.7. The minimum Gasteiger partial charge on any atom is -0.349 e. The molecule has 0 saturated carbocycles. The van der Waals surface area contributed by atoms with Crippen LogP contribution in [-0.2, 0) is 7.05 Å². The molecule has 8 heteroatoms. The zero-order valence-electron chi connectivity index (χ0n) is 13.5.